The number of rotatable bonds is 3. The molecule has 0 spiro atoms. The van der Waals surface area contributed by atoms with Crippen LogP contribution in [0.5, 0.6) is 5.75 Å². The Morgan fingerprint density at radius 3 is 2.84 bits per heavy atom. The minimum absolute atomic E-state index is 0.227. The summed E-state index contributed by atoms with van der Waals surface area (Å²) >= 11 is 1.87. The maximum absolute atomic E-state index is 5.84. The van der Waals surface area contributed by atoms with Crippen molar-refractivity contribution in [2.75, 3.05) is 13.7 Å². The highest BCUT2D eigenvalue weighted by Gasteiger charge is 2.23. The zero-order valence-corrected chi connectivity index (χ0v) is 12.4. The SMILES string of the molecule is CNC(c1cc(C)c(C)s1)c1cccc2c1OCC2. The van der Waals surface area contributed by atoms with Gasteiger partial charge >= 0.3 is 0 Å². The van der Waals surface area contributed by atoms with Gasteiger partial charge in [0.05, 0.1) is 12.6 Å². The smallest absolute Gasteiger partial charge is 0.127 e. The second-order valence-electron chi connectivity index (χ2n) is 5.04. The lowest BCUT2D eigenvalue weighted by Gasteiger charge is -2.18. The average molecular weight is 273 g/mol. The number of ether oxygens (including phenoxy) is 1. The molecule has 0 bridgehead atoms. The Morgan fingerprint density at radius 1 is 1.32 bits per heavy atom. The lowest BCUT2D eigenvalue weighted by molar-refractivity contribution is 0.351. The molecule has 1 N–H and O–H groups in total. The van der Waals surface area contributed by atoms with Crippen LogP contribution in [-0.4, -0.2) is 13.7 Å². The predicted octanol–water partition coefficient (Wildman–Crippen LogP) is 3.61. The zero-order valence-electron chi connectivity index (χ0n) is 11.6. The number of hydrogen-bond acceptors (Lipinski definition) is 3. The molecule has 1 aromatic heterocycles. The first-order valence-electron chi connectivity index (χ1n) is 6.69. The highest BCUT2D eigenvalue weighted by atomic mass is 32.1. The van der Waals surface area contributed by atoms with Gasteiger partial charge in [0.2, 0.25) is 0 Å². The number of para-hydroxylation sites is 1. The summed E-state index contributed by atoms with van der Waals surface area (Å²) in [4.78, 5) is 2.75. The van der Waals surface area contributed by atoms with Gasteiger partial charge < -0.3 is 10.1 Å². The van der Waals surface area contributed by atoms with Crippen LogP contribution in [0.4, 0.5) is 0 Å². The van der Waals surface area contributed by atoms with E-state index in [1.807, 2.05) is 18.4 Å². The third-order valence-electron chi connectivity index (χ3n) is 3.81. The summed E-state index contributed by atoms with van der Waals surface area (Å²) < 4.78 is 5.84. The third kappa shape index (κ3) is 2.17. The lowest BCUT2D eigenvalue weighted by Crippen LogP contribution is -2.17. The van der Waals surface area contributed by atoms with Crippen molar-refractivity contribution in [2.24, 2.45) is 0 Å². The molecule has 100 valence electrons. The lowest BCUT2D eigenvalue weighted by atomic mass is 10.0. The normalized spacial score (nSPS) is 15.1. The summed E-state index contributed by atoms with van der Waals surface area (Å²) in [6.45, 7) is 5.17. The summed E-state index contributed by atoms with van der Waals surface area (Å²) in [5.41, 5.74) is 3.97. The fourth-order valence-electron chi connectivity index (χ4n) is 2.66. The van der Waals surface area contributed by atoms with E-state index in [-0.39, 0.29) is 6.04 Å². The van der Waals surface area contributed by atoms with Crippen molar-refractivity contribution < 1.29 is 4.74 Å². The molecule has 1 atom stereocenters. The summed E-state index contributed by atoms with van der Waals surface area (Å²) in [5.74, 6) is 1.09. The monoisotopic (exact) mass is 273 g/mol. The van der Waals surface area contributed by atoms with E-state index < -0.39 is 0 Å². The topological polar surface area (TPSA) is 21.3 Å². The highest BCUT2D eigenvalue weighted by Crippen LogP contribution is 2.38. The molecule has 2 heterocycles. The van der Waals surface area contributed by atoms with E-state index in [1.54, 1.807) is 0 Å². The molecular formula is C16H19NOS. The highest BCUT2D eigenvalue weighted by molar-refractivity contribution is 7.12. The van der Waals surface area contributed by atoms with Crippen LogP contribution in [0.3, 0.4) is 0 Å². The largest absolute Gasteiger partial charge is 0.493 e. The number of hydrogen-bond donors (Lipinski definition) is 1. The van der Waals surface area contributed by atoms with E-state index in [0.29, 0.717) is 0 Å². The Bertz CT molecular complexity index is 583. The van der Waals surface area contributed by atoms with Crippen molar-refractivity contribution in [1.29, 1.82) is 0 Å². The third-order valence-corrected chi connectivity index (χ3v) is 5.03. The van der Waals surface area contributed by atoms with Crippen LogP contribution in [0.1, 0.15) is 32.5 Å². The van der Waals surface area contributed by atoms with Crippen molar-refractivity contribution in [3.05, 3.63) is 50.7 Å². The number of aryl methyl sites for hydroxylation is 2. The van der Waals surface area contributed by atoms with E-state index in [2.05, 4.69) is 43.4 Å². The maximum Gasteiger partial charge on any atom is 0.127 e. The summed E-state index contributed by atoms with van der Waals surface area (Å²) in [6, 6.07) is 9.00. The minimum atomic E-state index is 0.227. The molecule has 0 radical (unpaired) electrons. The molecular weight excluding hydrogens is 254 g/mol. The molecule has 3 rings (SSSR count). The van der Waals surface area contributed by atoms with Crippen LogP contribution in [-0.2, 0) is 6.42 Å². The van der Waals surface area contributed by atoms with Gasteiger partial charge in [0.25, 0.3) is 0 Å². The van der Waals surface area contributed by atoms with Gasteiger partial charge in [-0.15, -0.1) is 11.3 Å². The molecule has 0 amide bonds. The van der Waals surface area contributed by atoms with E-state index in [4.69, 9.17) is 4.74 Å². The second kappa shape index (κ2) is 4.99. The van der Waals surface area contributed by atoms with Gasteiger partial charge in [-0.1, -0.05) is 18.2 Å². The van der Waals surface area contributed by atoms with E-state index >= 15 is 0 Å². The van der Waals surface area contributed by atoms with Gasteiger partial charge in [0, 0.05) is 21.7 Å². The second-order valence-corrected chi connectivity index (χ2v) is 6.33. The Labute approximate surface area is 118 Å². The van der Waals surface area contributed by atoms with Crippen LogP contribution in [0.15, 0.2) is 24.3 Å². The first-order chi connectivity index (χ1) is 9.20. The number of benzene rings is 1. The average Bonchev–Trinajstić information content (AvgIpc) is 2.99. The number of nitrogens with one attached hydrogen (secondary N) is 1. The standard InChI is InChI=1S/C16H19NOS/c1-10-9-14(19-11(10)2)15(17-3)13-6-4-5-12-7-8-18-16(12)13/h4-6,9,15,17H,7-8H2,1-3H3. The Balaban J connectivity index is 2.06. The van der Waals surface area contributed by atoms with Gasteiger partial charge in [-0.25, -0.2) is 0 Å². The Hall–Kier alpha value is -1.32. The van der Waals surface area contributed by atoms with Crippen molar-refractivity contribution >= 4 is 11.3 Å². The molecule has 1 unspecified atom stereocenters. The van der Waals surface area contributed by atoms with Crippen LogP contribution in [0.25, 0.3) is 0 Å². The van der Waals surface area contributed by atoms with E-state index in [9.17, 15) is 0 Å². The van der Waals surface area contributed by atoms with Crippen LogP contribution in [0.2, 0.25) is 0 Å². The van der Waals surface area contributed by atoms with Gasteiger partial charge in [-0.05, 0) is 38.1 Å². The van der Waals surface area contributed by atoms with Crippen molar-refractivity contribution in [2.45, 2.75) is 26.3 Å². The van der Waals surface area contributed by atoms with Crippen molar-refractivity contribution in [3.8, 4) is 5.75 Å². The van der Waals surface area contributed by atoms with Gasteiger partial charge in [-0.2, -0.15) is 0 Å². The molecule has 0 saturated carbocycles. The van der Waals surface area contributed by atoms with Gasteiger partial charge in [0.15, 0.2) is 0 Å². The molecule has 0 saturated heterocycles. The van der Waals surface area contributed by atoms with Crippen molar-refractivity contribution in [1.82, 2.24) is 5.32 Å². The number of fused-ring (bicyclic) bond motifs is 1. The zero-order chi connectivity index (χ0) is 13.4. The Kier molecular flexibility index (Phi) is 3.33. The fraction of sp³-hybridized carbons (Fsp3) is 0.375. The van der Waals surface area contributed by atoms with Crippen LogP contribution in [0, 0.1) is 13.8 Å². The molecule has 0 fully saturated rings. The van der Waals surface area contributed by atoms with Crippen LogP contribution < -0.4 is 10.1 Å². The molecule has 0 aliphatic carbocycles. The quantitative estimate of drug-likeness (QED) is 0.922. The summed E-state index contributed by atoms with van der Waals surface area (Å²) in [6.07, 6.45) is 1.03. The fourth-order valence-corrected chi connectivity index (χ4v) is 3.83. The first-order valence-corrected chi connectivity index (χ1v) is 7.51. The van der Waals surface area contributed by atoms with Crippen LogP contribution >= 0.6 is 11.3 Å². The molecule has 2 nitrogen and oxygen atoms in total. The molecule has 19 heavy (non-hydrogen) atoms. The van der Waals surface area contributed by atoms with Gasteiger partial charge in [0.1, 0.15) is 5.75 Å². The molecule has 1 aliphatic heterocycles. The summed E-state index contributed by atoms with van der Waals surface area (Å²) in [5, 5.41) is 3.44. The minimum Gasteiger partial charge on any atom is -0.493 e. The van der Waals surface area contributed by atoms with Crippen molar-refractivity contribution in [3.63, 3.8) is 0 Å². The molecule has 2 aromatic rings. The summed E-state index contributed by atoms with van der Waals surface area (Å²) in [7, 11) is 2.02. The predicted molar refractivity (Wildman–Crippen MR) is 80.3 cm³/mol. The van der Waals surface area contributed by atoms with Gasteiger partial charge in [-0.3, -0.25) is 0 Å². The Morgan fingerprint density at radius 2 is 2.16 bits per heavy atom. The maximum atomic E-state index is 5.84. The number of thiophene rings is 1. The first kappa shape index (κ1) is 12.7. The molecule has 1 aliphatic rings. The van der Waals surface area contributed by atoms with E-state index in [1.165, 1.54) is 26.4 Å². The van der Waals surface area contributed by atoms with E-state index in [0.717, 1.165) is 18.8 Å². The molecule has 1 aromatic carbocycles. The molecule has 3 heteroatoms.